The minimum absolute atomic E-state index is 0.0868. The zero-order valence-electron chi connectivity index (χ0n) is 15.9. The molecule has 27 heavy (non-hydrogen) atoms. The molecule has 2 atom stereocenters. The average Bonchev–Trinajstić information content (AvgIpc) is 3.03. The van der Waals surface area contributed by atoms with Gasteiger partial charge in [0.15, 0.2) is 23.0 Å². The molecule has 3 rings (SSSR count). The SMILES string of the molecule is COC(=O)c1c(O)cc(OC)c2c1C(C)C(c1ccc(OC)c(OC)c1)O2. The van der Waals surface area contributed by atoms with E-state index in [0.717, 1.165) is 5.56 Å². The Kier molecular flexibility index (Phi) is 5.03. The molecule has 7 nitrogen and oxygen atoms in total. The average molecular weight is 374 g/mol. The molecule has 0 aromatic heterocycles. The van der Waals surface area contributed by atoms with Gasteiger partial charge in [-0.3, -0.25) is 0 Å². The van der Waals surface area contributed by atoms with E-state index in [1.165, 1.54) is 20.3 Å². The van der Waals surface area contributed by atoms with E-state index < -0.39 is 12.1 Å². The molecule has 0 saturated carbocycles. The number of hydrogen-bond acceptors (Lipinski definition) is 7. The molecule has 0 fully saturated rings. The van der Waals surface area contributed by atoms with Crippen molar-refractivity contribution in [3.05, 3.63) is 41.0 Å². The lowest BCUT2D eigenvalue weighted by Crippen LogP contribution is -2.10. The first-order chi connectivity index (χ1) is 13.0. The Balaban J connectivity index is 2.12. The molecule has 1 N–H and O–H groups in total. The van der Waals surface area contributed by atoms with Crippen LogP contribution in [-0.2, 0) is 4.74 Å². The second-order valence-electron chi connectivity index (χ2n) is 6.15. The highest BCUT2D eigenvalue weighted by molar-refractivity contribution is 5.96. The van der Waals surface area contributed by atoms with Crippen molar-refractivity contribution in [2.24, 2.45) is 0 Å². The molecule has 1 heterocycles. The van der Waals surface area contributed by atoms with E-state index in [4.69, 9.17) is 23.7 Å². The molecular formula is C20H22O7. The normalized spacial score (nSPS) is 17.7. The van der Waals surface area contributed by atoms with Gasteiger partial charge in [-0.1, -0.05) is 13.0 Å². The fourth-order valence-electron chi connectivity index (χ4n) is 3.44. The maximum atomic E-state index is 12.3. The Bertz CT molecular complexity index is 875. The third-order valence-corrected chi connectivity index (χ3v) is 4.76. The summed E-state index contributed by atoms with van der Waals surface area (Å²) in [4.78, 5) is 12.3. The lowest BCUT2D eigenvalue weighted by atomic mass is 9.89. The standard InChI is InChI=1S/C20H22O7/c1-10-16-17(20(22)26-5)12(21)9-15(25-4)19(16)27-18(10)11-6-7-13(23-2)14(8-11)24-3/h6-10,18,21H,1-5H3. The van der Waals surface area contributed by atoms with Crippen LogP contribution in [0.3, 0.4) is 0 Å². The van der Waals surface area contributed by atoms with Crippen molar-refractivity contribution >= 4 is 5.97 Å². The summed E-state index contributed by atoms with van der Waals surface area (Å²) in [5.41, 5.74) is 1.48. The van der Waals surface area contributed by atoms with Crippen LogP contribution in [0.15, 0.2) is 24.3 Å². The molecule has 2 aromatic rings. The van der Waals surface area contributed by atoms with Gasteiger partial charge in [0.1, 0.15) is 17.4 Å². The first kappa shape index (κ1) is 18.7. The van der Waals surface area contributed by atoms with Gasteiger partial charge in [-0.2, -0.15) is 0 Å². The zero-order chi connectivity index (χ0) is 19.7. The van der Waals surface area contributed by atoms with E-state index in [1.54, 1.807) is 20.3 Å². The minimum Gasteiger partial charge on any atom is -0.507 e. The first-order valence-electron chi connectivity index (χ1n) is 8.37. The summed E-state index contributed by atoms with van der Waals surface area (Å²) in [6, 6.07) is 6.85. The molecule has 0 aliphatic carbocycles. The van der Waals surface area contributed by atoms with Gasteiger partial charge in [-0.15, -0.1) is 0 Å². The van der Waals surface area contributed by atoms with Gasteiger partial charge >= 0.3 is 5.97 Å². The molecular weight excluding hydrogens is 352 g/mol. The van der Waals surface area contributed by atoms with Crippen molar-refractivity contribution < 1.29 is 33.6 Å². The number of esters is 1. The lowest BCUT2D eigenvalue weighted by molar-refractivity contribution is 0.0595. The maximum Gasteiger partial charge on any atom is 0.342 e. The number of aromatic hydroxyl groups is 1. The number of benzene rings is 2. The topological polar surface area (TPSA) is 83.5 Å². The van der Waals surface area contributed by atoms with Crippen molar-refractivity contribution in [3.8, 4) is 28.7 Å². The van der Waals surface area contributed by atoms with Gasteiger partial charge in [-0.05, 0) is 17.7 Å². The number of phenols is 1. The summed E-state index contributed by atoms with van der Waals surface area (Å²) >= 11 is 0. The minimum atomic E-state index is -0.630. The highest BCUT2D eigenvalue weighted by atomic mass is 16.5. The zero-order valence-corrected chi connectivity index (χ0v) is 15.9. The highest BCUT2D eigenvalue weighted by Crippen LogP contribution is 2.54. The van der Waals surface area contributed by atoms with E-state index in [-0.39, 0.29) is 17.2 Å². The van der Waals surface area contributed by atoms with Crippen LogP contribution in [0.1, 0.15) is 40.4 Å². The Morgan fingerprint density at radius 3 is 2.26 bits per heavy atom. The van der Waals surface area contributed by atoms with Gasteiger partial charge < -0.3 is 28.8 Å². The molecule has 1 aliphatic heterocycles. The third kappa shape index (κ3) is 2.99. The van der Waals surface area contributed by atoms with Crippen LogP contribution in [0.2, 0.25) is 0 Å². The van der Waals surface area contributed by atoms with Crippen LogP contribution in [0, 0.1) is 0 Å². The molecule has 0 spiro atoms. The second kappa shape index (κ2) is 7.26. The lowest BCUT2D eigenvalue weighted by Gasteiger charge is -2.18. The van der Waals surface area contributed by atoms with Crippen molar-refractivity contribution in [1.29, 1.82) is 0 Å². The van der Waals surface area contributed by atoms with Crippen LogP contribution in [-0.4, -0.2) is 39.5 Å². The molecule has 2 unspecified atom stereocenters. The number of carbonyl (C=O) groups is 1. The number of ether oxygens (including phenoxy) is 5. The van der Waals surface area contributed by atoms with E-state index in [9.17, 15) is 9.90 Å². The van der Waals surface area contributed by atoms with E-state index >= 15 is 0 Å². The van der Waals surface area contributed by atoms with Gasteiger partial charge in [0.2, 0.25) is 0 Å². The smallest absolute Gasteiger partial charge is 0.342 e. The predicted molar refractivity (Wildman–Crippen MR) is 97.3 cm³/mol. The quantitative estimate of drug-likeness (QED) is 0.803. The molecule has 0 bridgehead atoms. The predicted octanol–water partition coefficient (Wildman–Crippen LogP) is 3.44. The maximum absolute atomic E-state index is 12.3. The summed E-state index contributed by atoms with van der Waals surface area (Å²) < 4.78 is 27.0. The first-order valence-corrected chi connectivity index (χ1v) is 8.37. The van der Waals surface area contributed by atoms with Crippen molar-refractivity contribution in [1.82, 2.24) is 0 Å². The number of rotatable bonds is 5. The van der Waals surface area contributed by atoms with Crippen LogP contribution in [0.4, 0.5) is 0 Å². The molecule has 144 valence electrons. The number of carbonyl (C=O) groups excluding carboxylic acids is 1. The van der Waals surface area contributed by atoms with Gasteiger partial charge in [0.25, 0.3) is 0 Å². The van der Waals surface area contributed by atoms with Crippen molar-refractivity contribution in [2.75, 3.05) is 28.4 Å². The Morgan fingerprint density at radius 1 is 1.00 bits per heavy atom. The van der Waals surface area contributed by atoms with Gasteiger partial charge in [0.05, 0.1) is 28.4 Å². The Morgan fingerprint density at radius 2 is 1.67 bits per heavy atom. The van der Waals surface area contributed by atoms with Crippen molar-refractivity contribution in [2.45, 2.75) is 18.9 Å². The molecule has 7 heteroatoms. The van der Waals surface area contributed by atoms with Crippen LogP contribution >= 0.6 is 0 Å². The summed E-state index contributed by atoms with van der Waals surface area (Å²) in [5.74, 6) is 0.872. The van der Waals surface area contributed by atoms with Gasteiger partial charge in [0, 0.05) is 17.5 Å². The number of phenolic OH excluding ortho intramolecular Hbond substituents is 1. The Labute approximate surface area is 157 Å². The Hall–Kier alpha value is -3.09. The number of hydrogen-bond donors (Lipinski definition) is 1. The van der Waals surface area contributed by atoms with E-state index in [1.807, 2.05) is 19.1 Å². The molecule has 2 aromatic carbocycles. The highest BCUT2D eigenvalue weighted by Gasteiger charge is 2.40. The molecule has 0 amide bonds. The van der Waals surface area contributed by atoms with Crippen molar-refractivity contribution in [3.63, 3.8) is 0 Å². The summed E-state index contributed by atoms with van der Waals surface area (Å²) in [6.45, 7) is 1.92. The second-order valence-corrected chi connectivity index (χ2v) is 6.15. The number of fused-ring (bicyclic) bond motifs is 1. The number of methoxy groups -OCH3 is 4. The van der Waals surface area contributed by atoms with Crippen LogP contribution in [0.5, 0.6) is 28.7 Å². The van der Waals surface area contributed by atoms with Gasteiger partial charge in [-0.25, -0.2) is 4.79 Å². The van der Waals surface area contributed by atoms with Crippen LogP contribution < -0.4 is 18.9 Å². The summed E-state index contributed by atoms with van der Waals surface area (Å²) in [6.07, 6.45) is -0.404. The molecule has 0 radical (unpaired) electrons. The largest absolute Gasteiger partial charge is 0.507 e. The van der Waals surface area contributed by atoms with E-state index in [2.05, 4.69) is 0 Å². The molecule has 1 aliphatic rings. The summed E-state index contributed by atoms with van der Waals surface area (Å²) in [7, 11) is 5.87. The van der Waals surface area contributed by atoms with Crippen LogP contribution in [0.25, 0.3) is 0 Å². The fourth-order valence-corrected chi connectivity index (χ4v) is 3.44. The molecule has 0 saturated heterocycles. The third-order valence-electron chi connectivity index (χ3n) is 4.76. The van der Waals surface area contributed by atoms with E-state index in [0.29, 0.717) is 28.6 Å². The monoisotopic (exact) mass is 374 g/mol. The summed E-state index contributed by atoms with van der Waals surface area (Å²) in [5, 5.41) is 10.3. The fraction of sp³-hybridized carbons (Fsp3) is 0.350.